The first-order valence-corrected chi connectivity index (χ1v) is 5.78. The van der Waals surface area contributed by atoms with Crippen LogP contribution in [0.5, 0.6) is 5.75 Å². The van der Waals surface area contributed by atoms with Crippen molar-refractivity contribution in [1.29, 1.82) is 0 Å². The fourth-order valence-electron chi connectivity index (χ4n) is 1.37. The predicted molar refractivity (Wildman–Crippen MR) is 62.6 cm³/mol. The second kappa shape index (κ2) is 5.38. The van der Waals surface area contributed by atoms with E-state index >= 15 is 0 Å². The average molecular weight is 257 g/mol. The molecule has 0 amide bonds. The van der Waals surface area contributed by atoms with Gasteiger partial charge in [-0.15, -0.1) is 0 Å². The molecule has 1 aliphatic rings. The number of benzene rings is 1. The lowest BCUT2D eigenvalue weighted by Gasteiger charge is -2.08. The number of ether oxygens (including phenoxy) is 2. The summed E-state index contributed by atoms with van der Waals surface area (Å²) in [6.45, 7) is 0.844. The number of halogens is 1. The van der Waals surface area contributed by atoms with Crippen molar-refractivity contribution in [3.8, 4) is 5.75 Å². The Morgan fingerprint density at radius 2 is 2.24 bits per heavy atom. The number of hydrogen-bond acceptors (Lipinski definition) is 3. The molecule has 1 fully saturated rings. The molecule has 1 aromatic carbocycles. The van der Waals surface area contributed by atoms with Gasteiger partial charge in [0, 0.05) is 0 Å². The quantitative estimate of drug-likeness (QED) is 0.628. The molecule has 2 rings (SSSR count). The molecule has 5 heteroatoms. The van der Waals surface area contributed by atoms with Crippen molar-refractivity contribution in [1.82, 2.24) is 0 Å². The van der Waals surface area contributed by atoms with E-state index in [9.17, 15) is 4.79 Å². The summed E-state index contributed by atoms with van der Waals surface area (Å²) in [5.74, 6) is 0.0559. The molecule has 0 heterocycles. The van der Waals surface area contributed by atoms with Gasteiger partial charge in [-0.25, -0.2) is 4.79 Å². The van der Waals surface area contributed by atoms with E-state index in [4.69, 9.17) is 26.2 Å². The summed E-state index contributed by atoms with van der Waals surface area (Å²) < 4.78 is 10.6. The molecular weight excluding hydrogens is 244 g/mol. The van der Waals surface area contributed by atoms with Crippen LogP contribution in [0, 0.1) is 5.92 Å². The second-order valence-corrected chi connectivity index (χ2v) is 4.43. The van der Waals surface area contributed by atoms with Crippen LogP contribution in [-0.4, -0.2) is 24.5 Å². The summed E-state index contributed by atoms with van der Waals surface area (Å²) >= 11 is 5.73. The van der Waals surface area contributed by atoms with Crippen LogP contribution in [0.2, 0.25) is 5.02 Å². The minimum absolute atomic E-state index is 0.0337. The highest BCUT2D eigenvalue weighted by atomic mass is 35.5. The number of carboxylic acid groups (broad SMARTS) is 1. The maximum absolute atomic E-state index is 10.8. The highest BCUT2D eigenvalue weighted by molar-refractivity contribution is 6.33. The lowest BCUT2D eigenvalue weighted by molar-refractivity contribution is 0.00989. The van der Waals surface area contributed by atoms with Gasteiger partial charge >= 0.3 is 5.97 Å². The summed E-state index contributed by atoms with van der Waals surface area (Å²) in [5.41, 5.74) is 0.0337. The lowest BCUT2D eigenvalue weighted by atomic mass is 10.2. The molecule has 1 saturated carbocycles. The van der Waals surface area contributed by atoms with Crippen molar-refractivity contribution < 1.29 is 19.4 Å². The summed E-state index contributed by atoms with van der Waals surface area (Å²) in [5, 5.41) is 9.07. The molecule has 0 radical (unpaired) electrons. The fourth-order valence-corrected chi connectivity index (χ4v) is 1.57. The van der Waals surface area contributed by atoms with E-state index < -0.39 is 5.97 Å². The molecule has 4 nitrogen and oxygen atoms in total. The largest absolute Gasteiger partial charge is 0.478 e. The van der Waals surface area contributed by atoms with Crippen LogP contribution in [0.1, 0.15) is 23.2 Å². The Morgan fingerprint density at radius 3 is 2.88 bits per heavy atom. The molecule has 0 atom stereocenters. The van der Waals surface area contributed by atoms with Crippen LogP contribution in [0.3, 0.4) is 0 Å². The minimum atomic E-state index is -1.07. The Labute approximate surface area is 104 Å². The standard InChI is InChI=1S/C12H13ClO4/c13-11-4-3-9(5-10(11)12(14)15)17-7-16-6-8-1-2-8/h3-5,8H,1-2,6-7H2,(H,14,15). The van der Waals surface area contributed by atoms with Crippen LogP contribution in [0.25, 0.3) is 0 Å². The van der Waals surface area contributed by atoms with Gasteiger partial charge in [-0.1, -0.05) is 11.6 Å². The van der Waals surface area contributed by atoms with Crippen LogP contribution in [0.15, 0.2) is 18.2 Å². The number of carbonyl (C=O) groups is 1. The maximum Gasteiger partial charge on any atom is 0.337 e. The van der Waals surface area contributed by atoms with Gasteiger partial charge in [-0.2, -0.15) is 0 Å². The lowest BCUT2D eigenvalue weighted by Crippen LogP contribution is -2.06. The van der Waals surface area contributed by atoms with Crippen LogP contribution in [0.4, 0.5) is 0 Å². The third-order valence-corrected chi connectivity index (χ3v) is 2.86. The Hall–Kier alpha value is -1.26. The molecule has 17 heavy (non-hydrogen) atoms. The van der Waals surface area contributed by atoms with Crippen molar-refractivity contribution in [2.24, 2.45) is 5.92 Å². The van der Waals surface area contributed by atoms with Gasteiger partial charge in [-0.3, -0.25) is 0 Å². The topological polar surface area (TPSA) is 55.8 Å². The molecule has 0 spiro atoms. The van der Waals surface area contributed by atoms with Crippen LogP contribution in [-0.2, 0) is 4.74 Å². The Kier molecular flexibility index (Phi) is 3.86. The van der Waals surface area contributed by atoms with Crippen molar-refractivity contribution in [2.75, 3.05) is 13.4 Å². The Bertz CT molecular complexity index is 415. The van der Waals surface area contributed by atoms with E-state index in [1.54, 1.807) is 6.07 Å². The van der Waals surface area contributed by atoms with E-state index in [0.717, 1.165) is 0 Å². The van der Waals surface area contributed by atoms with Gasteiger partial charge in [0.1, 0.15) is 5.75 Å². The Morgan fingerprint density at radius 1 is 1.47 bits per heavy atom. The average Bonchev–Trinajstić information content (AvgIpc) is 3.10. The highest BCUT2D eigenvalue weighted by Gasteiger charge is 2.21. The number of hydrogen-bond donors (Lipinski definition) is 1. The summed E-state index contributed by atoms with van der Waals surface area (Å²) in [4.78, 5) is 10.8. The molecule has 0 saturated heterocycles. The van der Waals surface area contributed by atoms with Gasteiger partial charge in [-0.05, 0) is 37.0 Å². The van der Waals surface area contributed by atoms with Crippen molar-refractivity contribution in [3.05, 3.63) is 28.8 Å². The Balaban J connectivity index is 1.86. The predicted octanol–water partition coefficient (Wildman–Crippen LogP) is 2.80. The van der Waals surface area contributed by atoms with Gasteiger partial charge in [0.15, 0.2) is 6.79 Å². The number of rotatable bonds is 6. The summed E-state index contributed by atoms with van der Waals surface area (Å²) in [7, 11) is 0. The second-order valence-electron chi connectivity index (χ2n) is 4.02. The molecule has 1 aromatic rings. The molecule has 0 bridgehead atoms. The molecule has 0 aromatic heterocycles. The zero-order valence-corrected chi connectivity index (χ0v) is 9.94. The van der Waals surface area contributed by atoms with Crippen molar-refractivity contribution >= 4 is 17.6 Å². The summed E-state index contributed by atoms with van der Waals surface area (Å²) in [6, 6.07) is 4.52. The molecule has 1 N–H and O–H groups in total. The minimum Gasteiger partial charge on any atom is -0.478 e. The zero-order chi connectivity index (χ0) is 12.3. The smallest absolute Gasteiger partial charge is 0.337 e. The van der Waals surface area contributed by atoms with Crippen molar-refractivity contribution in [2.45, 2.75) is 12.8 Å². The molecule has 0 unspecified atom stereocenters. The van der Waals surface area contributed by atoms with E-state index in [1.165, 1.54) is 25.0 Å². The third kappa shape index (κ3) is 3.61. The normalized spacial score (nSPS) is 14.6. The van der Waals surface area contributed by atoms with E-state index in [0.29, 0.717) is 18.3 Å². The van der Waals surface area contributed by atoms with Gasteiger partial charge in [0.05, 0.1) is 17.2 Å². The number of aromatic carboxylic acids is 1. The van der Waals surface area contributed by atoms with Gasteiger partial charge in [0.2, 0.25) is 0 Å². The first-order chi connectivity index (χ1) is 8.16. The summed E-state index contributed by atoms with van der Waals surface area (Å²) in [6.07, 6.45) is 2.45. The number of carboxylic acids is 1. The van der Waals surface area contributed by atoms with E-state index in [1.807, 2.05) is 0 Å². The molecule has 1 aliphatic carbocycles. The maximum atomic E-state index is 10.8. The van der Waals surface area contributed by atoms with Crippen LogP contribution >= 0.6 is 11.6 Å². The molecule has 92 valence electrons. The SMILES string of the molecule is O=C(O)c1cc(OCOCC2CC2)ccc1Cl. The highest BCUT2D eigenvalue weighted by Crippen LogP contribution is 2.28. The van der Waals surface area contributed by atoms with Crippen molar-refractivity contribution in [3.63, 3.8) is 0 Å². The van der Waals surface area contributed by atoms with Gasteiger partial charge < -0.3 is 14.6 Å². The molecular formula is C12H13ClO4. The molecule has 0 aliphatic heterocycles. The monoisotopic (exact) mass is 256 g/mol. The fraction of sp³-hybridized carbons (Fsp3) is 0.417. The van der Waals surface area contributed by atoms with E-state index in [-0.39, 0.29) is 17.4 Å². The van der Waals surface area contributed by atoms with Gasteiger partial charge in [0.25, 0.3) is 0 Å². The first-order valence-electron chi connectivity index (χ1n) is 5.40. The van der Waals surface area contributed by atoms with Crippen LogP contribution < -0.4 is 4.74 Å². The van der Waals surface area contributed by atoms with E-state index in [2.05, 4.69) is 0 Å². The third-order valence-electron chi connectivity index (χ3n) is 2.53. The first kappa shape index (κ1) is 12.2. The zero-order valence-electron chi connectivity index (χ0n) is 9.19.